The Bertz CT molecular complexity index is 775. The summed E-state index contributed by atoms with van der Waals surface area (Å²) in [5.41, 5.74) is 0.700. The molecule has 0 aliphatic heterocycles. The van der Waals surface area contributed by atoms with Gasteiger partial charge in [-0.05, 0) is 46.3 Å². The van der Waals surface area contributed by atoms with E-state index in [1.165, 1.54) is 0 Å². The second kappa shape index (κ2) is 6.03. The molecular formula is C16H10Br2O3. The molecule has 0 saturated carbocycles. The number of hydrogen-bond donors (Lipinski definition) is 0. The Morgan fingerprint density at radius 1 is 1.10 bits per heavy atom. The van der Waals surface area contributed by atoms with E-state index in [9.17, 15) is 4.79 Å². The summed E-state index contributed by atoms with van der Waals surface area (Å²) in [4.78, 5) is 12.1. The molecule has 1 heterocycles. The van der Waals surface area contributed by atoms with E-state index in [4.69, 9.17) is 9.15 Å². The highest BCUT2D eigenvalue weighted by atomic mass is 79.9. The lowest BCUT2D eigenvalue weighted by Crippen LogP contribution is -2.10. The Kier molecular flexibility index (Phi) is 4.12. The fourth-order valence-corrected chi connectivity index (χ4v) is 3.09. The van der Waals surface area contributed by atoms with Crippen molar-refractivity contribution in [1.29, 1.82) is 0 Å². The molecule has 2 aromatic carbocycles. The van der Waals surface area contributed by atoms with Crippen LogP contribution in [0.5, 0.6) is 5.75 Å². The van der Waals surface area contributed by atoms with Gasteiger partial charge >= 0.3 is 0 Å². The topological polar surface area (TPSA) is 39.4 Å². The quantitative estimate of drug-likeness (QED) is 0.554. The maximum atomic E-state index is 12.1. The average Bonchev–Trinajstić information content (AvgIpc) is 2.90. The fraction of sp³-hybridized carbons (Fsp3) is 0.0625. The SMILES string of the molecule is O=C(COc1ccc(Br)cc1Br)c1cc2ccccc2o1. The molecule has 5 heteroatoms. The first-order valence-electron chi connectivity index (χ1n) is 6.23. The molecule has 3 rings (SSSR count). The highest BCUT2D eigenvalue weighted by molar-refractivity contribution is 9.11. The summed E-state index contributed by atoms with van der Waals surface area (Å²) in [6.07, 6.45) is 0. The Labute approximate surface area is 138 Å². The number of Topliss-reactive ketones (excluding diaryl/α,β-unsaturated/α-hetero) is 1. The van der Waals surface area contributed by atoms with Crippen LogP contribution in [0.1, 0.15) is 10.6 Å². The predicted molar refractivity (Wildman–Crippen MR) is 87.9 cm³/mol. The van der Waals surface area contributed by atoms with E-state index >= 15 is 0 Å². The molecule has 0 bridgehead atoms. The number of benzene rings is 2. The Balaban J connectivity index is 1.74. The third-order valence-corrected chi connectivity index (χ3v) is 4.07. The zero-order valence-corrected chi connectivity index (χ0v) is 14.0. The van der Waals surface area contributed by atoms with E-state index in [1.807, 2.05) is 36.4 Å². The maximum absolute atomic E-state index is 12.1. The van der Waals surface area contributed by atoms with Crippen molar-refractivity contribution in [2.45, 2.75) is 0 Å². The number of halogens is 2. The second-order valence-corrected chi connectivity index (χ2v) is 6.21. The van der Waals surface area contributed by atoms with Crippen molar-refractivity contribution in [2.75, 3.05) is 6.61 Å². The molecule has 0 radical (unpaired) electrons. The van der Waals surface area contributed by atoms with E-state index in [-0.39, 0.29) is 12.4 Å². The van der Waals surface area contributed by atoms with Crippen LogP contribution >= 0.6 is 31.9 Å². The Hall–Kier alpha value is -1.59. The third-order valence-electron chi connectivity index (χ3n) is 2.95. The molecule has 0 amide bonds. The largest absolute Gasteiger partial charge is 0.484 e. The number of ketones is 1. The van der Waals surface area contributed by atoms with Crippen molar-refractivity contribution < 1.29 is 13.9 Å². The van der Waals surface area contributed by atoms with Crippen LogP contribution in [0.3, 0.4) is 0 Å². The van der Waals surface area contributed by atoms with Crippen LogP contribution in [-0.2, 0) is 0 Å². The summed E-state index contributed by atoms with van der Waals surface area (Å²) >= 11 is 6.76. The third kappa shape index (κ3) is 3.19. The van der Waals surface area contributed by atoms with Crippen molar-refractivity contribution >= 4 is 48.6 Å². The highest BCUT2D eigenvalue weighted by Gasteiger charge is 2.13. The molecule has 0 unspecified atom stereocenters. The summed E-state index contributed by atoms with van der Waals surface area (Å²) in [7, 11) is 0. The molecule has 3 aromatic rings. The van der Waals surface area contributed by atoms with Crippen LogP contribution in [-0.4, -0.2) is 12.4 Å². The standard InChI is InChI=1S/C16H10Br2O3/c17-11-5-6-15(12(18)8-11)20-9-13(19)16-7-10-3-1-2-4-14(10)21-16/h1-8H,9H2. The lowest BCUT2D eigenvalue weighted by atomic mass is 10.2. The number of hydrogen-bond acceptors (Lipinski definition) is 3. The first kappa shape index (κ1) is 14.4. The molecule has 0 saturated heterocycles. The molecule has 0 N–H and O–H groups in total. The lowest BCUT2D eigenvalue weighted by Gasteiger charge is -2.06. The van der Waals surface area contributed by atoms with Crippen molar-refractivity contribution in [3.8, 4) is 5.75 Å². The second-order valence-electron chi connectivity index (χ2n) is 4.44. The van der Waals surface area contributed by atoms with Gasteiger partial charge in [-0.15, -0.1) is 0 Å². The van der Waals surface area contributed by atoms with Gasteiger partial charge in [-0.25, -0.2) is 0 Å². The zero-order valence-electron chi connectivity index (χ0n) is 10.8. The van der Waals surface area contributed by atoms with Gasteiger partial charge in [0, 0.05) is 9.86 Å². The normalized spacial score (nSPS) is 10.8. The van der Waals surface area contributed by atoms with Crippen molar-refractivity contribution in [3.05, 3.63) is 63.2 Å². The van der Waals surface area contributed by atoms with Crippen LogP contribution in [0.2, 0.25) is 0 Å². The minimum absolute atomic E-state index is 0.0694. The van der Waals surface area contributed by atoms with Crippen molar-refractivity contribution in [1.82, 2.24) is 0 Å². The van der Waals surface area contributed by atoms with E-state index in [0.717, 1.165) is 14.3 Å². The van der Waals surface area contributed by atoms with Crippen LogP contribution in [0.4, 0.5) is 0 Å². The number of fused-ring (bicyclic) bond motifs is 1. The van der Waals surface area contributed by atoms with Gasteiger partial charge in [0.25, 0.3) is 0 Å². The van der Waals surface area contributed by atoms with Crippen LogP contribution in [0.25, 0.3) is 11.0 Å². The molecule has 0 aliphatic carbocycles. The monoisotopic (exact) mass is 408 g/mol. The van der Waals surface area contributed by atoms with Gasteiger partial charge in [0.15, 0.2) is 12.4 Å². The highest BCUT2D eigenvalue weighted by Crippen LogP contribution is 2.28. The van der Waals surface area contributed by atoms with E-state index < -0.39 is 0 Å². The summed E-state index contributed by atoms with van der Waals surface area (Å²) in [5.74, 6) is 0.730. The van der Waals surface area contributed by atoms with Crippen LogP contribution < -0.4 is 4.74 Å². The molecule has 0 aliphatic rings. The Morgan fingerprint density at radius 2 is 1.90 bits per heavy atom. The van der Waals surface area contributed by atoms with Crippen LogP contribution in [0, 0.1) is 0 Å². The number of carbonyl (C=O) groups is 1. The summed E-state index contributed by atoms with van der Waals surface area (Å²) in [5, 5.41) is 0.908. The number of carbonyl (C=O) groups excluding carboxylic acids is 1. The van der Waals surface area contributed by atoms with Gasteiger partial charge < -0.3 is 9.15 Å². The van der Waals surface area contributed by atoms with Gasteiger partial charge in [-0.3, -0.25) is 4.79 Å². The molecule has 3 nitrogen and oxygen atoms in total. The van der Waals surface area contributed by atoms with Gasteiger partial charge in [-0.2, -0.15) is 0 Å². The van der Waals surface area contributed by atoms with Gasteiger partial charge in [0.2, 0.25) is 5.78 Å². The van der Waals surface area contributed by atoms with Gasteiger partial charge in [0.05, 0.1) is 4.47 Å². The molecule has 0 fully saturated rings. The summed E-state index contributed by atoms with van der Waals surface area (Å²) in [6.45, 7) is -0.0694. The summed E-state index contributed by atoms with van der Waals surface area (Å²) < 4.78 is 12.8. The van der Waals surface area contributed by atoms with E-state index in [1.54, 1.807) is 12.1 Å². The lowest BCUT2D eigenvalue weighted by molar-refractivity contribution is 0.0895. The molecule has 0 atom stereocenters. The molecule has 0 spiro atoms. The minimum Gasteiger partial charge on any atom is -0.484 e. The van der Waals surface area contributed by atoms with E-state index in [0.29, 0.717) is 17.1 Å². The zero-order chi connectivity index (χ0) is 14.8. The number of furan rings is 1. The van der Waals surface area contributed by atoms with Crippen molar-refractivity contribution in [2.24, 2.45) is 0 Å². The van der Waals surface area contributed by atoms with Crippen LogP contribution in [0.15, 0.2) is 61.9 Å². The first-order valence-corrected chi connectivity index (χ1v) is 7.82. The Morgan fingerprint density at radius 3 is 2.67 bits per heavy atom. The predicted octanol–water partition coefficient (Wildman–Crippen LogP) is 5.22. The molecule has 1 aromatic heterocycles. The summed E-state index contributed by atoms with van der Waals surface area (Å²) in [6, 6.07) is 14.8. The number of ether oxygens (including phenoxy) is 1. The minimum atomic E-state index is -0.194. The molecular weight excluding hydrogens is 400 g/mol. The van der Waals surface area contributed by atoms with Gasteiger partial charge in [-0.1, -0.05) is 34.1 Å². The molecule has 21 heavy (non-hydrogen) atoms. The van der Waals surface area contributed by atoms with Gasteiger partial charge in [0.1, 0.15) is 11.3 Å². The first-order chi connectivity index (χ1) is 10.1. The molecule has 106 valence electrons. The average molecular weight is 410 g/mol. The number of rotatable bonds is 4. The number of para-hydroxylation sites is 1. The van der Waals surface area contributed by atoms with Crippen molar-refractivity contribution in [3.63, 3.8) is 0 Å². The fourth-order valence-electron chi connectivity index (χ4n) is 1.93. The smallest absolute Gasteiger partial charge is 0.235 e. The van der Waals surface area contributed by atoms with E-state index in [2.05, 4.69) is 31.9 Å². The maximum Gasteiger partial charge on any atom is 0.235 e.